The van der Waals surface area contributed by atoms with Gasteiger partial charge < -0.3 is 10.1 Å². The molecular formula is C20H25ClN2O4S. The molecule has 2 aromatic rings. The Hall–Kier alpha value is -2.09. The number of methoxy groups -OCH3 is 1. The van der Waals surface area contributed by atoms with Crippen LogP contribution >= 0.6 is 11.6 Å². The average molecular weight is 425 g/mol. The first kappa shape index (κ1) is 22.2. The number of nitrogens with zero attached hydrogens (tertiary/aromatic N) is 1. The zero-order valence-electron chi connectivity index (χ0n) is 16.2. The van der Waals surface area contributed by atoms with Crippen molar-refractivity contribution in [3.8, 4) is 5.75 Å². The minimum absolute atomic E-state index is 0.00516. The van der Waals surface area contributed by atoms with E-state index in [9.17, 15) is 13.2 Å². The maximum absolute atomic E-state index is 13.2. The summed E-state index contributed by atoms with van der Waals surface area (Å²) in [5.74, 6) is 0.0261. The fourth-order valence-corrected chi connectivity index (χ4v) is 4.29. The summed E-state index contributed by atoms with van der Waals surface area (Å²) in [6.07, 6.45) is 0.755. The minimum atomic E-state index is -3.95. The predicted molar refractivity (Wildman–Crippen MR) is 110 cm³/mol. The molecule has 6 nitrogen and oxygen atoms in total. The molecule has 0 heterocycles. The molecule has 0 aromatic heterocycles. The third-order valence-electron chi connectivity index (χ3n) is 4.30. The lowest BCUT2D eigenvalue weighted by Gasteiger charge is -2.23. The molecule has 152 valence electrons. The normalized spacial score (nSPS) is 12.6. The monoisotopic (exact) mass is 424 g/mol. The van der Waals surface area contributed by atoms with E-state index in [-0.39, 0.29) is 35.0 Å². The average Bonchev–Trinajstić information content (AvgIpc) is 2.68. The minimum Gasteiger partial charge on any atom is -0.495 e. The van der Waals surface area contributed by atoms with E-state index < -0.39 is 10.0 Å². The van der Waals surface area contributed by atoms with Crippen molar-refractivity contribution in [2.75, 3.05) is 13.7 Å². The Labute approximate surface area is 171 Å². The zero-order valence-corrected chi connectivity index (χ0v) is 17.8. The summed E-state index contributed by atoms with van der Waals surface area (Å²) < 4.78 is 32.7. The second-order valence-electron chi connectivity index (χ2n) is 6.43. The molecule has 2 aromatic carbocycles. The number of benzene rings is 2. The number of sulfonamides is 1. The highest BCUT2D eigenvalue weighted by atomic mass is 35.5. The molecule has 0 aliphatic carbocycles. The van der Waals surface area contributed by atoms with Gasteiger partial charge in [-0.15, -0.1) is 0 Å². The van der Waals surface area contributed by atoms with Crippen LogP contribution in [0.4, 0.5) is 0 Å². The van der Waals surface area contributed by atoms with Crippen LogP contribution in [0.3, 0.4) is 0 Å². The van der Waals surface area contributed by atoms with Crippen LogP contribution in [0.1, 0.15) is 25.8 Å². The van der Waals surface area contributed by atoms with E-state index in [0.717, 1.165) is 16.3 Å². The molecule has 0 spiro atoms. The fraction of sp³-hybridized carbons (Fsp3) is 0.350. The SMILES string of the molecule is CC[C@H](C)NC(=O)CN(Cc1ccccc1)S(=O)(=O)c1ccc(OC)c(Cl)c1. The Bertz CT molecular complexity index is 904. The lowest BCUT2D eigenvalue weighted by molar-refractivity contribution is -0.122. The molecule has 1 atom stereocenters. The maximum Gasteiger partial charge on any atom is 0.243 e. The fourth-order valence-electron chi connectivity index (χ4n) is 2.55. The molecule has 2 rings (SSSR count). The summed E-state index contributed by atoms with van der Waals surface area (Å²) in [7, 11) is -2.50. The molecule has 28 heavy (non-hydrogen) atoms. The van der Waals surface area contributed by atoms with Gasteiger partial charge in [-0.1, -0.05) is 48.9 Å². The largest absolute Gasteiger partial charge is 0.495 e. The van der Waals surface area contributed by atoms with Gasteiger partial charge in [0.2, 0.25) is 15.9 Å². The number of ether oxygens (including phenoxy) is 1. The van der Waals surface area contributed by atoms with E-state index in [2.05, 4.69) is 5.32 Å². The van der Waals surface area contributed by atoms with Crippen LogP contribution < -0.4 is 10.1 Å². The first-order valence-electron chi connectivity index (χ1n) is 8.95. The van der Waals surface area contributed by atoms with Crippen molar-refractivity contribution < 1.29 is 17.9 Å². The predicted octanol–water partition coefficient (Wildman–Crippen LogP) is 3.45. The summed E-state index contributed by atoms with van der Waals surface area (Å²) in [4.78, 5) is 12.4. The molecule has 0 aliphatic rings. The molecule has 1 amide bonds. The number of hydrogen-bond donors (Lipinski definition) is 1. The van der Waals surface area contributed by atoms with Gasteiger partial charge in [-0.3, -0.25) is 4.79 Å². The molecule has 0 saturated carbocycles. The van der Waals surface area contributed by atoms with Gasteiger partial charge in [0.15, 0.2) is 0 Å². The number of amides is 1. The van der Waals surface area contributed by atoms with Crippen molar-refractivity contribution >= 4 is 27.5 Å². The summed E-state index contributed by atoms with van der Waals surface area (Å²) in [6.45, 7) is 3.60. The number of hydrogen-bond acceptors (Lipinski definition) is 4. The summed E-state index contributed by atoms with van der Waals surface area (Å²) in [5, 5.41) is 3.00. The zero-order chi connectivity index (χ0) is 20.7. The molecule has 0 fully saturated rings. The third-order valence-corrected chi connectivity index (χ3v) is 6.39. The number of halogens is 1. The summed E-state index contributed by atoms with van der Waals surface area (Å²) in [6, 6.07) is 13.3. The number of carbonyl (C=O) groups is 1. The van der Waals surface area contributed by atoms with Gasteiger partial charge in [0, 0.05) is 12.6 Å². The topological polar surface area (TPSA) is 75.7 Å². The highest BCUT2D eigenvalue weighted by Crippen LogP contribution is 2.28. The van der Waals surface area contributed by atoms with Gasteiger partial charge in [-0.25, -0.2) is 8.42 Å². The third kappa shape index (κ3) is 5.70. The number of rotatable bonds is 9. The van der Waals surface area contributed by atoms with Gasteiger partial charge in [0.25, 0.3) is 0 Å². The molecule has 0 radical (unpaired) electrons. The molecule has 0 unspecified atom stereocenters. The van der Waals surface area contributed by atoms with Gasteiger partial charge in [-0.05, 0) is 37.1 Å². The lowest BCUT2D eigenvalue weighted by atomic mass is 10.2. The maximum atomic E-state index is 13.2. The Morgan fingerprint density at radius 1 is 1.21 bits per heavy atom. The second kappa shape index (κ2) is 9.91. The quantitative estimate of drug-likeness (QED) is 0.668. The first-order valence-corrected chi connectivity index (χ1v) is 10.8. The second-order valence-corrected chi connectivity index (χ2v) is 8.78. The Morgan fingerprint density at radius 3 is 2.46 bits per heavy atom. The van der Waals surface area contributed by atoms with E-state index in [4.69, 9.17) is 16.3 Å². The highest BCUT2D eigenvalue weighted by Gasteiger charge is 2.28. The van der Waals surface area contributed by atoms with Crippen LogP contribution in [0.15, 0.2) is 53.4 Å². The van der Waals surface area contributed by atoms with Crippen molar-refractivity contribution in [1.82, 2.24) is 9.62 Å². The van der Waals surface area contributed by atoms with Crippen LogP contribution in [-0.4, -0.2) is 38.3 Å². The van der Waals surface area contributed by atoms with Gasteiger partial charge in [0.1, 0.15) is 5.75 Å². The molecule has 0 aliphatic heterocycles. The van der Waals surface area contributed by atoms with E-state index >= 15 is 0 Å². The first-order chi connectivity index (χ1) is 13.3. The van der Waals surface area contributed by atoms with Crippen molar-refractivity contribution in [2.24, 2.45) is 0 Å². The van der Waals surface area contributed by atoms with E-state index in [1.54, 1.807) is 0 Å². The van der Waals surface area contributed by atoms with Crippen LogP contribution in [0.25, 0.3) is 0 Å². The van der Waals surface area contributed by atoms with Crippen LogP contribution in [-0.2, 0) is 21.4 Å². The van der Waals surface area contributed by atoms with Gasteiger partial charge in [0.05, 0.1) is 23.6 Å². The summed E-state index contributed by atoms with van der Waals surface area (Å²) >= 11 is 6.11. The number of carbonyl (C=O) groups excluding carboxylic acids is 1. The Morgan fingerprint density at radius 2 is 1.89 bits per heavy atom. The smallest absolute Gasteiger partial charge is 0.243 e. The van der Waals surface area contributed by atoms with Crippen LogP contribution in [0.5, 0.6) is 5.75 Å². The number of nitrogens with one attached hydrogen (secondary N) is 1. The Kier molecular flexibility index (Phi) is 7.86. The van der Waals surface area contributed by atoms with E-state index in [1.165, 1.54) is 25.3 Å². The van der Waals surface area contributed by atoms with Crippen LogP contribution in [0, 0.1) is 0 Å². The molecule has 1 N–H and O–H groups in total. The van der Waals surface area contributed by atoms with Crippen molar-refractivity contribution in [3.05, 3.63) is 59.1 Å². The standard InChI is InChI=1S/C20H25ClN2O4S/c1-4-15(2)22-20(24)14-23(13-16-8-6-5-7-9-16)28(25,26)17-10-11-19(27-3)18(21)12-17/h5-12,15H,4,13-14H2,1-3H3,(H,22,24)/t15-/m0/s1. The van der Waals surface area contributed by atoms with E-state index in [0.29, 0.717) is 5.75 Å². The molecule has 0 saturated heterocycles. The van der Waals surface area contributed by atoms with Gasteiger partial charge in [-0.2, -0.15) is 4.31 Å². The van der Waals surface area contributed by atoms with Crippen molar-refractivity contribution in [3.63, 3.8) is 0 Å². The molecule has 0 bridgehead atoms. The lowest BCUT2D eigenvalue weighted by Crippen LogP contribution is -2.43. The molecular weight excluding hydrogens is 400 g/mol. The summed E-state index contributed by atoms with van der Waals surface area (Å²) in [5.41, 5.74) is 0.780. The van der Waals surface area contributed by atoms with Gasteiger partial charge >= 0.3 is 0 Å². The highest BCUT2D eigenvalue weighted by molar-refractivity contribution is 7.89. The van der Waals surface area contributed by atoms with E-state index in [1.807, 2.05) is 44.2 Å². The molecule has 8 heteroatoms. The van der Waals surface area contributed by atoms with Crippen molar-refractivity contribution in [1.29, 1.82) is 0 Å². The van der Waals surface area contributed by atoms with Crippen molar-refractivity contribution in [2.45, 2.75) is 37.8 Å². The van der Waals surface area contributed by atoms with Crippen LogP contribution in [0.2, 0.25) is 5.02 Å². The Balaban J connectivity index is 2.35.